The zero-order valence-electron chi connectivity index (χ0n) is 20.2. The van der Waals surface area contributed by atoms with E-state index in [9.17, 15) is 17.6 Å². The van der Waals surface area contributed by atoms with Crippen molar-refractivity contribution in [1.29, 1.82) is 0 Å². The van der Waals surface area contributed by atoms with Crippen molar-refractivity contribution in [1.82, 2.24) is 34.5 Å². The predicted molar refractivity (Wildman–Crippen MR) is 127 cm³/mol. The summed E-state index contributed by atoms with van der Waals surface area (Å²) in [5, 5.41) is 15.0. The highest BCUT2D eigenvalue weighted by Crippen LogP contribution is 2.33. The van der Waals surface area contributed by atoms with E-state index in [0.717, 1.165) is 11.2 Å². The molecule has 1 saturated heterocycles. The van der Waals surface area contributed by atoms with Crippen LogP contribution in [-0.2, 0) is 11.3 Å². The molecule has 4 aromatic rings. The van der Waals surface area contributed by atoms with Crippen LogP contribution >= 0.6 is 0 Å². The first-order chi connectivity index (χ1) is 17.8. The highest BCUT2D eigenvalue weighted by molar-refractivity contribution is 5.89. The van der Waals surface area contributed by atoms with Crippen molar-refractivity contribution in [3.05, 3.63) is 30.5 Å². The van der Waals surface area contributed by atoms with E-state index in [1.807, 2.05) is 4.90 Å². The Morgan fingerprint density at radius 1 is 1.19 bits per heavy atom. The summed E-state index contributed by atoms with van der Waals surface area (Å²) in [6.07, 6.45) is -3.28. The molecule has 37 heavy (non-hydrogen) atoms. The molecule has 1 N–H and O–H groups in total. The largest absolute Gasteiger partial charge is 0.479 e. The second kappa shape index (κ2) is 10.1. The van der Waals surface area contributed by atoms with Crippen molar-refractivity contribution in [2.24, 2.45) is 0 Å². The van der Waals surface area contributed by atoms with Gasteiger partial charge in [0.1, 0.15) is 23.7 Å². The van der Waals surface area contributed by atoms with Crippen LogP contribution in [0.2, 0.25) is 0 Å². The van der Waals surface area contributed by atoms with Gasteiger partial charge >= 0.3 is 6.18 Å². The number of likely N-dealkylation sites (tertiary alicyclic amines) is 1. The molecule has 0 unspecified atom stereocenters. The third-order valence-corrected chi connectivity index (χ3v) is 6.38. The third-order valence-electron chi connectivity index (χ3n) is 6.38. The first-order valence-corrected chi connectivity index (χ1v) is 11.7. The van der Waals surface area contributed by atoms with Crippen molar-refractivity contribution in [2.45, 2.75) is 31.4 Å². The molecule has 2 atom stereocenters. The second-order valence-corrected chi connectivity index (χ2v) is 8.88. The summed E-state index contributed by atoms with van der Waals surface area (Å²) in [5.41, 5.74) is 2.39. The number of aromatic nitrogens is 6. The van der Waals surface area contributed by atoms with Crippen LogP contribution in [-0.4, -0.2) is 93.3 Å². The highest BCUT2D eigenvalue weighted by atomic mass is 19.4. The maximum atomic E-state index is 14.8. The summed E-state index contributed by atoms with van der Waals surface area (Å²) in [4.78, 5) is 6.47. The van der Waals surface area contributed by atoms with Gasteiger partial charge in [-0.25, -0.2) is 13.6 Å². The first kappa shape index (κ1) is 25.1. The van der Waals surface area contributed by atoms with E-state index in [1.54, 1.807) is 42.1 Å². The molecule has 1 fully saturated rings. The van der Waals surface area contributed by atoms with E-state index < -0.39 is 24.9 Å². The molecule has 10 nitrogen and oxygen atoms in total. The lowest BCUT2D eigenvalue weighted by atomic mass is 10.0. The number of piperidine rings is 1. The van der Waals surface area contributed by atoms with Gasteiger partial charge in [0, 0.05) is 38.5 Å². The summed E-state index contributed by atoms with van der Waals surface area (Å²) in [6.45, 7) is 0.982. The molecule has 0 amide bonds. The molecule has 3 aromatic heterocycles. The van der Waals surface area contributed by atoms with Gasteiger partial charge in [0.25, 0.3) is 0 Å². The van der Waals surface area contributed by atoms with Gasteiger partial charge < -0.3 is 14.8 Å². The number of anilines is 1. The van der Waals surface area contributed by atoms with Crippen LogP contribution in [0.4, 0.5) is 23.5 Å². The smallest absolute Gasteiger partial charge is 0.408 e. The Kier molecular flexibility index (Phi) is 6.86. The number of nitrogens with one attached hydrogen (secondary N) is 1. The van der Waals surface area contributed by atoms with Gasteiger partial charge in [0.15, 0.2) is 0 Å². The molecule has 0 saturated carbocycles. The molecule has 0 radical (unpaired) electrons. The molecule has 1 aliphatic heterocycles. The third kappa shape index (κ3) is 5.30. The Morgan fingerprint density at radius 3 is 2.76 bits per heavy atom. The highest BCUT2D eigenvalue weighted by Gasteiger charge is 2.31. The quantitative estimate of drug-likeness (QED) is 0.353. The molecule has 14 heteroatoms. The minimum Gasteiger partial charge on any atom is -0.479 e. The van der Waals surface area contributed by atoms with E-state index in [-0.39, 0.29) is 23.9 Å². The topological polar surface area (TPSA) is 94.6 Å². The van der Waals surface area contributed by atoms with Crippen molar-refractivity contribution >= 4 is 22.5 Å². The number of rotatable bonds is 8. The molecule has 5 rings (SSSR count). The van der Waals surface area contributed by atoms with Crippen LogP contribution < -0.4 is 10.1 Å². The number of hydrogen-bond acceptors (Lipinski definition) is 8. The molecule has 4 heterocycles. The number of fused-ring (bicyclic) bond motifs is 2. The van der Waals surface area contributed by atoms with Gasteiger partial charge in [-0.1, -0.05) is 11.3 Å². The zero-order valence-corrected chi connectivity index (χ0v) is 20.2. The number of benzene rings is 1. The predicted octanol–water partition coefficient (Wildman–Crippen LogP) is 3.18. The van der Waals surface area contributed by atoms with Gasteiger partial charge in [-0.2, -0.15) is 18.2 Å². The average molecular weight is 523 g/mol. The Balaban J connectivity index is 1.42. The first-order valence-electron chi connectivity index (χ1n) is 11.7. The maximum Gasteiger partial charge on any atom is 0.408 e. The van der Waals surface area contributed by atoms with Gasteiger partial charge in [-0.3, -0.25) is 4.90 Å². The number of halogens is 4. The second-order valence-electron chi connectivity index (χ2n) is 8.88. The van der Waals surface area contributed by atoms with Crippen molar-refractivity contribution in [3.63, 3.8) is 0 Å². The molecular formula is C23H26F4N8O2. The maximum absolute atomic E-state index is 14.8. The van der Waals surface area contributed by atoms with Crippen LogP contribution in [0, 0.1) is 0 Å². The average Bonchev–Trinajstić information content (AvgIpc) is 3.46. The molecule has 0 spiro atoms. The normalized spacial score (nSPS) is 19.1. The van der Waals surface area contributed by atoms with Crippen LogP contribution in [0.3, 0.4) is 0 Å². The van der Waals surface area contributed by atoms with Crippen molar-refractivity contribution < 1.29 is 27.0 Å². The van der Waals surface area contributed by atoms with Crippen LogP contribution in [0.25, 0.3) is 27.7 Å². The molecule has 0 bridgehead atoms. The van der Waals surface area contributed by atoms with Gasteiger partial charge in [-0.15, -0.1) is 10.2 Å². The zero-order chi connectivity index (χ0) is 26.2. The van der Waals surface area contributed by atoms with E-state index in [2.05, 4.69) is 25.7 Å². The number of nitrogens with zero attached hydrogens (tertiary/aromatic N) is 7. The minimum atomic E-state index is -4.43. The van der Waals surface area contributed by atoms with Crippen LogP contribution in [0.1, 0.15) is 6.42 Å². The molecule has 198 valence electrons. The number of alkyl halides is 4. The summed E-state index contributed by atoms with van der Waals surface area (Å²) in [5.74, 6) is 0.458. The van der Waals surface area contributed by atoms with Gasteiger partial charge in [0.05, 0.1) is 25.3 Å². The van der Waals surface area contributed by atoms with E-state index in [4.69, 9.17) is 9.47 Å². The standard InChI is InChI=1S/C23H26F4N8O2/c1-36-10-9-33-7-6-17(16(24)12-33)28-22-29-21(37-2)20-15(5-8-34(20)31-22)14-3-4-18-19(11-14)35(32-30-18)13-23(25,26)27/h3-5,8,11,16-17H,6-7,9-10,12-13H2,1-2H3,(H,28,31)/t16-,17-/m0/s1. The summed E-state index contributed by atoms with van der Waals surface area (Å²) < 4.78 is 66.7. The Labute approximate surface area is 209 Å². The number of hydrogen-bond donors (Lipinski definition) is 1. The Hall–Kier alpha value is -3.52. The fourth-order valence-electron chi connectivity index (χ4n) is 4.57. The van der Waals surface area contributed by atoms with Crippen LogP contribution in [0.5, 0.6) is 5.88 Å². The van der Waals surface area contributed by atoms with Crippen molar-refractivity contribution in [2.75, 3.05) is 45.8 Å². The lowest BCUT2D eigenvalue weighted by molar-refractivity contribution is -0.142. The van der Waals surface area contributed by atoms with E-state index in [0.29, 0.717) is 41.7 Å². The Bertz CT molecular complexity index is 1390. The van der Waals surface area contributed by atoms with Crippen LogP contribution in [0.15, 0.2) is 30.5 Å². The van der Waals surface area contributed by atoms with Gasteiger partial charge in [0.2, 0.25) is 11.8 Å². The monoisotopic (exact) mass is 522 g/mol. The Morgan fingerprint density at radius 2 is 2.03 bits per heavy atom. The molecular weight excluding hydrogens is 496 g/mol. The lowest BCUT2D eigenvalue weighted by Crippen LogP contribution is -2.48. The molecule has 1 aliphatic rings. The number of ether oxygens (including phenoxy) is 2. The fraction of sp³-hybridized carbons (Fsp3) is 0.478. The van der Waals surface area contributed by atoms with Gasteiger partial charge in [-0.05, 0) is 30.2 Å². The lowest BCUT2D eigenvalue weighted by Gasteiger charge is -2.34. The summed E-state index contributed by atoms with van der Waals surface area (Å²) in [6, 6.07) is 6.24. The minimum absolute atomic E-state index is 0.215. The van der Waals surface area contributed by atoms with E-state index in [1.165, 1.54) is 7.11 Å². The van der Waals surface area contributed by atoms with E-state index >= 15 is 0 Å². The number of methoxy groups -OCH3 is 2. The SMILES string of the molecule is COCCN1CC[C@H](Nc2nc(OC)c3c(-c4ccc5nnn(CC(F)(F)F)c5c4)ccn3n2)[C@@H](F)C1. The van der Waals surface area contributed by atoms with Crippen molar-refractivity contribution in [3.8, 4) is 17.0 Å². The summed E-state index contributed by atoms with van der Waals surface area (Å²) in [7, 11) is 3.08. The summed E-state index contributed by atoms with van der Waals surface area (Å²) >= 11 is 0. The fourth-order valence-corrected chi connectivity index (χ4v) is 4.57. The molecule has 1 aromatic carbocycles. The molecule has 0 aliphatic carbocycles.